The fraction of sp³-hybridized carbons (Fsp3) is 0.625. The van der Waals surface area contributed by atoms with Gasteiger partial charge in [-0.2, -0.15) is 0 Å². The van der Waals surface area contributed by atoms with Crippen molar-refractivity contribution in [3.8, 4) is 0 Å². The summed E-state index contributed by atoms with van der Waals surface area (Å²) in [6.45, 7) is 24.0. The highest BCUT2D eigenvalue weighted by atomic mass is 19.1. The number of anilines is 2. The summed E-state index contributed by atoms with van der Waals surface area (Å²) >= 11 is 0. The van der Waals surface area contributed by atoms with Crippen molar-refractivity contribution in [2.75, 3.05) is 90.6 Å². The second-order valence-corrected chi connectivity index (χ2v) is 28.1. The molecule has 2 fully saturated rings. The number of alkyl halides is 2. The van der Waals surface area contributed by atoms with Crippen LogP contribution in [0.15, 0.2) is 78.9 Å². The molecule has 0 bridgehead atoms. The molecule has 0 aromatic heterocycles. The molecule has 0 N–H and O–H groups in total. The molecule has 2 aliphatic rings. The summed E-state index contributed by atoms with van der Waals surface area (Å²) in [5.41, 5.74) is -1.68. The second-order valence-electron chi connectivity index (χ2n) is 28.1. The van der Waals surface area contributed by atoms with Crippen LogP contribution < -0.4 is 9.80 Å². The number of esters is 5. The maximum Gasteiger partial charge on any atom is 0.410 e. The Labute approximate surface area is 570 Å². The van der Waals surface area contributed by atoms with E-state index in [4.69, 9.17) is 37.9 Å². The summed E-state index contributed by atoms with van der Waals surface area (Å²) in [4.78, 5) is 138. The number of carbonyl (C=O) groups excluding carboxylic acids is 9. The maximum atomic E-state index is 16.1. The van der Waals surface area contributed by atoms with Gasteiger partial charge < -0.3 is 62.4 Å². The molecule has 8 atom stereocenters. The fourth-order valence-corrected chi connectivity index (χ4v) is 11.1. The number of likely N-dealkylation sites (N-methyl/N-ethyl adjacent to an activating group) is 4. The minimum Gasteiger partial charge on any atom is -0.458 e. The van der Waals surface area contributed by atoms with Gasteiger partial charge in [-0.1, -0.05) is 82.3 Å². The lowest BCUT2D eigenvalue weighted by Crippen LogP contribution is -2.54. The molecule has 538 valence electrons. The predicted molar refractivity (Wildman–Crippen MR) is 359 cm³/mol. The molecular weight excluding hydrogens is 1260 g/mol. The number of rotatable bonds is 32. The maximum absolute atomic E-state index is 16.1. The molecule has 2 aliphatic heterocycles. The molecule has 2 heterocycles. The Morgan fingerprint density at radius 1 is 0.454 bits per heavy atom. The summed E-state index contributed by atoms with van der Waals surface area (Å²) in [5, 5.41) is 0. The summed E-state index contributed by atoms with van der Waals surface area (Å²) < 4.78 is 77.3. The van der Waals surface area contributed by atoms with Crippen molar-refractivity contribution in [2.24, 2.45) is 11.8 Å². The average molecular weight is 1360 g/mol. The van der Waals surface area contributed by atoms with E-state index in [1.54, 1.807) is 83.1 Å². The Bertz CT molecular complexity index is 3090. The van der Waals surface area contributed by atoms with Gasteiger partial charge in [-0.05, 0) is 128 Å². The molecule has 25 heteroatoms. The standard InChI is InChI=1S/C72H104F2N6O17/c1-46(2)39-55(75(14)63(83)60(42-51-25-29-54(30-26-51)80-33-37-91-38-34-80)96-68(88)58(44-72(12,13)74)78(17)69(89)97-70(7,8)9)65(85)93-48(5)61(81)77(16)57(43-71(10,11)73)67(87)95-59(41-50-23-27-53(28-24-50)79-31-35-90-36-32-79)62(82)76(15)56(40-47(3)4)66(86)94-49(6)64(84)92-45-52-21-19-18-20-22-52/h18-30,46-49,55-60H,31-45H2,1-17H3/t48-,49-,55+,56?,57+,58?,59-,60-/m1/s1. The molecule has 97 heavy (non-hydrogen) atoms. The Balaban J connectivity index is 1.44. The lowest BCUT2D eigenvalue weighted by molar-refractivity contribution is -0.176. The number of morpholine rings is 2. The summed E-state index contributed by atoms with van der Waals surface area (Å²) in [6.07, 6.45) is -9.17. The number of hydrogen-bond acceptors (Lipinski definition) is 19. The number of hydrogen-bond donors (Lipinski definition) is 0. The molecule has 2 unspecified atom stereocenters. The average Bonchev–Trinajstić information content (AvgIpc) is 0.848. The largest absolute Gasteiger partial charge is 0.458 e. The number of nitrogens with zero attached hydrogens (tertiary/aromatic N) is 6. The van der Waals surface area contributed by atoms with E-state index < -0.39 is 132 Å². The van der Waals surface area contributed by atoms with Crippen LogP contribution in [0, 0.1) is 11.8 Å². The second kappa shape index (κ2) is 36.1. The van der Waals surface area contributed by atoms with Crippen LogP contribution in [0.2, 0.25) is 0 Å². The highest BCUT2D eigenvalue weighted by Gasteiger charge is 2.44. The number of halogens is 2. The van der Waals surface area contributed by atoms with E-state index in [1.165, 1.54) is 69.7 Å². The zero-order valence-electron chi connectivity index (χ0n) is 59.8. The van der Waals surface area contributed by atoms with Crippen molar-refractivity contribution in [3.05, 3.63) is 95.6 Å². The van der Waals surface area contributed by atoms with Gasteiger partial charge in [0.1, 0.15) is 47.7 Å². The van der Waals surface area contributed by atoms with E-state index >= 15 is 18.4 Å². The normalized spacial score (nSPS) is 16.3. The SMILES string of the molecule is CC(C)CC(C(=O)O[C@H](C)C(=O)OCc1ccccc1)N(C)C(=O)[C@@H](Cc1ccc(N2CCOCC2)cc1)OC(=O)[C@H](CC(C)(C)F)N(C)C(=O)[C@@H](C)OC(=O)[C@H](CC(C)C)N(C)C(=O)[C@@H](Cc1ccc(N2CCOCC2)cc1)OC(=O)C(CC(C)(C)F)N(C)C(=O)OC(C)(C)C. The Kier molecular flexibility index (Phi) is 29.7. The monoisotopic (exact) mass is 1360 g/mol. The summed E-state index contributed by atoms with van der Waals surface area (Å²) in [5.74, 6) is -8.48. The van der Waals surface area contributed by atoms with Gasteiger partial charge in [0.25, 0.3) is 17.7 Å². The first-order valence-electron chi connectivity index (χ1n) is 33.3. The molecule has 3 aromatic carbocycles. The third-order valence-electron chi connectivity index (χ3n) is 16.5. The Morgan fingerprint density at radius 3 is 1.19 bits per heavy atom. The van der Waals surface area contributed by atoms with Crippen LogP contribution in [0.1, 0.15) is 132 Å². The summed E-state index contributed by atoms with van der Waals surface area (Å²) in [7, 11) is 5.07. The van der Waals surface area contributed by atoms with Crippen molar-refractivity contribution in [3.63, 3.8) is 0 Å². The number of amides is 4. The van der Waals surface area contributed by atoms with Crippen molar-refractivity contribution in [1.29, 1.82) is 0 Å². The quantitative estimate of drug-likeness (QED) is 0.0419. The molecule has 0 aliphatic carbocycles. The molecule has 3 aromatic rings. The molecule has 23 nitrogen and oxygen atoms in total. The minimum absolute atomic E-state index is 0.0462. The van der Waals surface area contributed by atoms with Crippen molar-refractivity contribution in [2.45, 2.75) is 201 Å². The van der Waals surface area contributed by atoms with E-state index in [1.807, 2.05) is 44.2 Å². The van der Waals surface area contributed by atoms with Gasteiger partial charge in [0, 0.05) is 91.4 Å². The molecule has 2 saturated heterocycles. The predicted octanol–water partition coefficient (Wildman–Crippen LogP) is 8.66. The third-order valence-corrected chi connectivity index (χ3v) is 16.5. The van der Waals surface area contributed by atoms with Crippen molar-refractivity contribution >= 4 is 65.0 Å². The van der Waals surface area contributed by atoms with Gasteiger partial charge in [-0.25, -0.2) is 37.5 Å². The topological polar surface area (TPSA) is 247 Å². The van der Waals surface area contributed by atoms with Gasteiger partial charge in [0.15, 0.2) is 24.4 Å². The van der Waals surface area contributed by atoms with E-state index in [-0.39, 0.29) is 44.1 Å². The van der Waals surface area contributed by atoms with Gasteiger partial charge in [0.2, 0.25) is 0 Å². The minimum atomic E-state index is -2.17. The highest BCUT2D eigenvalue weighted by Crippen LogP contribution is 2.29. The zero-order chi connectivity index (χ0) is 72.3. The Hall–Kier alpha value is -7.93. The molecule has 5 rings (SSSR count). The third kappa shape index (κ3) is 25.5. The number of carbonyl (C=O) groups is 9. The summed E-state index contributed by atoms with van der Waals surface area (Å²) in [6, 6.07) is 17.2. The fourth-order valence-electron chi connectivity index (χ4n) is 11.1. The molecule has 4 amide bonds. The first-order chi connectivity index (χ1) is 45.3. The lowest BCUT2D eigenvalue weighted by Gasteiger charge is -2.35. The van der Waals surface area contributed by atoms with Crippen molar-refractivity contribution < 1.29 is 89.8 Å². The van der Waals surface area contributed by atoms with E-state index in [9.17, 15) is 33.6 Å². The van der Waals surface area contributed by atoms with Crippen LogP contribution >= 0.6 is 0 Å². The van der Waals surface area contributed by atoms with Gasteiger partial charge in [-0.15, -0.1) is 0 Å². The van der Waals surface area contributed by atoms with Gasteiger partial charge in [0.05, 0.1) is 26.4 Å². The lowest BCUT2D eigenvalue weighted by atomic mass is 9.98. The van der Waals surface area contributed by atoms with Crippen LogP contribution in [0.5, 0.6) is 0 Å². The molecule has 0 spiro atoms. The number of benzene rings is 3. The van der Waals surface area contributed by atoms with Crippen molar-refractivity contribution in [1.82, 2.24) is 19.6 Å². The molecular formula is C72H104F2N6O17. The number of ether oxygens (including phenoxy) is 8. The van der Waals surface area contributed by atoms with E-state index in [0.717, 1.165) is 31.0 Å². The van der Waals surface area contributed by atoms with Gasteiger partial charge in [-0.3, -0.25) is 19.3 Å². The molecule has 0 radical (unpaired) electrons. The van der Waals surface area contributed by atoms with Gasteiger partial charge >= 0.3 is 35.9 Å². The Morgan fingerprint density at radius 2 is 0.814 bits per heavy atom. The highest BCUT2D eigenvalue weighted by molar-refractivity contribution is 5.93. The van der Waals surface area contributed by atoms with Crippen LogP contribution in [-0.4, -0.2) is 220 Å². The van der Waals surface area contributed by atoms with E-state index in [0.29, 0.717) is 69.3 Å². The smallest absolute Gasteiger partial charge is 0.410 e. The van der Waals surface area contributed by atoms with E-state index in [2.05, 4.69) is 9.80 Å². The van der Waals surface area contributed by atoms with Crippen LogP contribution in [0.25, 0.3) is 0 Å². The van der Waals surface area contributed by atoms with Crippen LogP contribution in [0.4, 0.5) is 25.0 Å². The first kappa shape index (κ1) is 79.8. The van der Waals surface area contributed by atoms with Crippen LogP contribution in [0.3, 0.4) is 0 Å². The molecule has 0 saturated carbocycles. The van der Waals surface area contributed by atoms with Crippen LogP contribution in [-0.2, 0) is 95.7 Å². The zero-order valence-corrected chi connectivity index (χ0v) is 59.8. The first-order valence-corrected chi connectivity index (χ1v) is 33.3.